The van der Waals surface area contributed by atoms with E-state index in [0.29, 0.717) is 11.3 Å². The lowest BCUT2D eigenvalue weighted by molar-refractivity contribution is 0.0719. The third-order valence-electron chi connectivity index (χ3n) is 4.91. The highest BCUT2D eigenvalue weighted by Crippen LogP contribution is 2.29. The van der Waals surface area contributed by atoms with Crippen LogP contribution in [0.3, 0.4) is 0 Å². The highest BCUT2D eigenvalue weighted by molar-refractivity contribution is 5.82. The van der Waals surface area contributed by atoms with Crippen LogP contribution in [0.1, 0.15) is 45.1 Å². The van der Waals surface area contributed by atoms with Crippen molar-refractivity contribution < 1.29 is 14.3 Å². The van der Waals surface area contributed by atoms with Crippen LogP contribution < -0.4 is 5.56 Å². The average Bonchev–Trinajstić information content (AvgIpc) is 2.63. The number of amides is 1. The van der Waals surface area contributed by atoms with E-state index < -0.39 is 29.1 Å². The van der Waals surface area contributed by atoms with Gasteiger partial charge in [0.2, 0.25) is 0 Å². The lowest BCUT2D eigenvalue weighted by Crippen LogP contribution is -2.47. The van der Waals surface area contributed by atoms with E-state index in [1.165, 1.54) is 15.5 Å². The van der Waals surface area contributed by atoms with Crippen molar-refractivity contribution in [1.82, 2.24) is 14.5 Å². The molecule has 3 rings (SSSR count). The summed E-state index contributed by atoms with van der Waals surface area (Å²) < 4.78 is 15.9. The number of hydrogen-bond acceptors (Lipinski definition) is 3. The second kappa shape index (κ2) is 7.31. The van der Waals surface area contributed by atoms with Crippen molar-refractivity contribution in [2.45, 2.75) is 46.2 Å². The van der Waals surface area contributed by atoms with E-state index in [0.717, 1.165) is 0 Å². The van der Waals surface area contributed by atoms with Gasteiger partial charge in [0.05, 0.1) is 17.2 Å². The molecule has 0 bridgehead atoms. The Labute approximate surface area is 168 Å². The molecule has 0 fully saturated rings. The molecule has 2 aromatic carbocycles. The summed E-state index contributed by atoms with van der Waals surface area (Å²) >= 11 is 0. The lowest BCUT2D eigenvalue weighted by atomic mass is 10.0. The van der Waals surface area contributed by atoms with Gasteiger partial charge in [-0.05, 0) is 58.4 Å². The predicted octanol–water partition coefficient (Wildman–Crippen LogP) is 4.67. The molecule has 3 aromatic rings. The maximum Gasteiger partial charge on any atom is 0.408 e. The standard InChI is InChI=1S/C22H24FN3O3/c1-13-11-12-16(23)17-18(13)24-19(14(2)26(21(28)29)22(3,4)5)25(20(17)27)15-9-7-6-8-10-15/h6-12,14H,1-5H3,(H,28,29)/t14-/m0/s1. The van der Waals surface area contributed by atoms with Crippen LogP contribution in [0.25, 0.3) is 16.6 Å². The lowest BCUT2D eigenvalue weighted by Gasteiger charge is -2.38. The molecule has 6 nitrogen and oxygen atoms in total. The van der Waals surface area contributed by atoms with Gasteiger partial charge in [-0.2, -0.15) is 0 Å². The molecule has 1 amide bonds. The number of fused-ring (bicyclic) bond motifs is 1. The Morgan fingerprint density at radius 1 is 1.17 bits per heavy atom. The van der Waals surface area contributed by atoms with Crippen LogP contribution in [0, 0.1) is 12.7 Å². The van der Waals surface area contributed by atoms with E-state index >= 15 is 0 Å². The highest BCUT2D eigenvalue weighted by atomic mass is 19.1. The van der Waals surface area contributed by atoms with Crippen LogP contribution in [0.4, 0.5) is 9.18 Å². The Balaban J connectivity index is 2.43. The first-order valence-corrected chi connectivity index (χ1v) is 9.33. The van der Waals surface area contributed by atoms with E-state index in [4.69, 9.17) is 0 Å². The molecule has 1 aromatic heterocycles. The summed E-state index contributed by atoms with van der Waals surface area (Å²) in [4.78, 5) is 31.3. The minimum atomic E-state index is -1.13. The fourth-order valence-electron chi connectivity index (χ4n) is 3.65. The molecular formula is C22H24FN3O3. The first kappa shape index (κ1) is 20.5. The van der Waals surface area contributed by atoms with Gasteiger partial charge in [-0.1, -0.05) is 24.3 Å². The predicted molar refractivity (Wildman–Crippen MR) is 110 cm³/mol. The summed E-state index contributed by atoms with van der Waals surface area (Å²) in [6.07, 6.45) is -1.13. The minimum Gasteiger partial charge on any atom is -0.465 e. The topological polar surface area (TPSA) is 75.4 Å². The molecule has 1 atom stereocenters. The number of carbonyl (C=O) groups is 1. The van der Waals surface area contributed by atoms with Gasteiger partial charge in [-0.3, -0.25) is 14.3 Å². The zero-order valence-electron chi connectivity index (χ0n) is 17.1. The fourth-order valence-corrected chi connectivity index (χ4v) is 3.65. The minimum absolute atomic E-state index is 0.109. The Hall–Kier alpha value is -3.22. The van der Waals surface area contributed by atoms with Gasteiger partial charge in [0, 0.05) is 5.54 Å². The molecule has 0 aliphatic heterocycles. The SMILES string of the molecule is Cc1ccc(F)c2c(=O)n(-c3ccccc3)c([C@H](C)N(C(=O)O)C(C)(C)C)nc12. The van der Waals surface area contributed by atoms with Crippen molar-refractivity contribution in [1.29, 1.82) is 0 Å². The first-order valence-electron chi connectivity index (χ1n) is 9.33. The zero-order chi connectivity index (χ0) is 21.5. The second-order valence-electron chi connectivity index (χ2n) is 8.03. The van der Waals surface area contributed by atoms with Crippen molar-refractivity contribution in [3.05, 3.63) is 70.0 Å². The molecule has 0 saturated carbocycles. The number of hydrogen-bond donors (Lipinski definition) is 1. The summed E-state index contributed by atoms with van der Waals surface area (Å²) in [7, 11) is 0. The van der Waals surface area contributed by atoms with Gasteiger partial charge in [-0.25, -0.2) is 14.2 Å². The molecule has 0 radical (unpaired) electrons. The Kier molecular flexibility index (Phi) is 5.17. The van der Waals surface area contributed by atoms with E-state index in [9.17, 15) is 19.1 Å². The number of para-hydroxylation sites is 1. The molecule has 0 saturated heterocycles. The quantitative estimate of drug-likeness (QED) is 0.697. The van der Waals surface area contributed by atoms with Gasteiger partial charge in [0.1, 0.15) is 17.0 Å². The summed E-state index contributed by atoms with van der Waals surface area (Å²) in [5, 5.41) is 9.73. The van der Waals surface area contributed by atoms with Crippen LogP contribution >= 0.6 is 0 Å². The van der Waals surface area contributed by atoms with E-state index in [2.05, 4.69) is 4.98 Å². The average molecular weight is 397 g/mol. The third kappa shape index (κ3) is 3.60. The summed E-state index contributed by atoms with van der Waals surface area (Å²) in [5.74, 6) is -0.419. The van der Waals surface area contributed by atoms with Gasteiger partial charge in [-0.15, -0.1) is 0 Å². The number of aryl methyl sites for hydroxylation is 1. The third-order valence-corrected chi connectivity index (χ3v) is 4.91. The van der Waals surface area contributed by atoms with Crippen molar-refractivity contribution >= 4 is 17.0 Å². The van der Waals surface area contributed by atoms with Gasteiger partial charge >= 0.3 is 6.09 Å². The van der Waals surface area contributed by atoms with Crippen LogP contribution in [0.15, 0.2) is 47.3 Å². The van der Waals surface area contributed by atoms with Crippen LogP contribution in [0.2, 0.25) is 0 Å². The van der Waals surface area contributed by atoms with Crippen molar-refractivity contribution in [2.75, 3.05) is 0 Å². The molecule has 0 aliphatic rings. The van der Waals surface area contributed by atoms with Crippen LogP contribution in [0.5, 0.6) is 0 Å². The molecule has 1 heterocycles. The molecule has 1 N–H and O–H groups in total. The number of aromatic nitrogens is 2. The molecule has 7 heteroatoms. The van der Waals surface area contributed by atoms with Crippen molar-refractivity contribution in [3.63, 3.8) is 0 Å². The number of nitrogens with zero attached hydrogens (tertiary/aromatic N) is 3. The first-order chi connectivity index (χ1) is 13.5. The smallest absolute Gasteiger partial charge is 0.408 e. The zero-order valence-corrected chi connectivity index (χ0v) is 17.1. The Morgan fingerprint density at radius 3 is 2.34 bits per heavy atom. The summed E-state index contributed by atoms with van der Waals surface area (Å²) in [6.45, 7) is 8.74. The summed E-state index contributed by atoms with van der Waals surface area (Å²) in [6, 6.07) is 10.8. The van der Waals surface area contributed by atoms with Gasteiger partial charge < -0.3 is 5.11 Å². The number of carboxylic acid groups (broad SMARTS) is 1. The normalized spacial score (nSPS) is 12.8. The number of rotatable bonds is 3. The Bertz CT molecular complexity index is 1130. The molecule has 0 spiro atoms. The van der Waals surface area contributed by atoms with E-state index in [-0.39, 0.29) is 16.7 Å². The van der Waals surface area contributed by atoms with Crippen LogP contribution in [-0.4, -0.2) is 31.2 Å². The molecule has 0 aliphatic carbocycles. The van der Waals surface area contributed by atoms with E-state index in [1.54, 1.807) is 71.0 Å². The fraction of sp³-hybridized carbons (Fsp3) is 0.318. The highest BCUT2D eigenvalue weighted by Gasteiger charge is 2.34. The molecular weight excluding hydrogens is 373 g/mol. The molecule has 152 valence electrons. The van der Waals surface area contributed by atoms with Gasteiger partial charge in [0.25, 0.3) is 5.56 Å². The maximum atomic E-state index is 14.6. The number of halogens is 1. The molecule has 29 heavy (non-hydrogen) atoms. The largest absolute Gasteiger partial charge is 0.465 e. The second-order valence-corrected chi connectivity index (χ2v) is 8.03. The molecule has 0 unspecified atom stereocenters. The monoisotopic (exact) mass is 397 g/mol. The van der Waals surface area contributed by atoms with Crippen molar-refractivity contribution in [2.24, 2.45) is 0 Å². The summed E-state index contributed by atoms with van der Waals surface area (Å²) in [5.41, 5.74) is 0.0710. The maximum absolute atomic E-state index is 14.6. The van der Waals surface area contributed by atoms with Crippen LogP contribution in [-0.2, 0) is 0 Å². The van der Waals surface area contributed by atoms with Gasteiger partial charge in [0.15, 0.2) is 0 Å². The van der Waals surface area contributed by atoms with Crippen molar-refractivity contribution in [3.8, 4) is 5.69 Å². The van der Waals surface area contributed by atoms with E-state index in [1.807, 2.05) is 0 Å². The number of benzene rings is 2. The Morgan fingerprint density at radius 2 is 1.79 bits per heavy atom.